The maximum absolute atomic E-state index is 12.2. The van der Waals surface area contributed by atoms with Crippen molar-refractivity contribution >= 4 is 9.84 Å². The molecule has 0 fully saturated rings. The van der Waals surface area contributed by atoms with E-state index in [9.17, 15) is 8.42 Å². The van der Waals surface area contributed by atoms with Gasteiger partial charge in [0.05, 0.1) is 12.3 Å². The maximum atomic E-state index is 12.2. The number of nitrogens with one attached hydrogen (secondary N) is 1. The summed E-state index contributed by atoms with van der Waals surface area (Å²) >= 11 is 0. The third-order valence-corrected chi connectivity index (χ3v) is 4.60. The van der Waals surface area contributed by atoms with Crippen LogP contribution in [0.25, 0.3) is 0 Å². The van der Waals surface area contributed by atoms with E-state index in [4.69, 9.17) is 4.42 Å². The Labute approximate surface area is 126 Å². The van der Waals surface area contributed by atoms with Crippen LogP contribution < -0.4 is 5.32 Å². The van der Waals surface area contributed by atoms with Crippen molar-refractivity contribution in [3.05, 3.63) is 59.0 Å². The zero-order chi connectivity index (χ0) is 15.3. The van der Waals surface area contributed by atoms with Crippen molar-refractivity contribution in [2.45, 2.75) is 31.9 Å². The summed E-state index contributed by atoms with van der Waals surface area (Å²) < 4.78 is 30.0. The largest absolute Gasteiger partial charge is 0.464 e. The van der Waals surface area contributed by atoms with Crippen LogP contribution in [0.2, 0.25) is 0 Å². The molecule has 0 aliphatic heterocycles. The minimum Gasteiger partial charge on any atom is -0.464 e. The minimum absolute atomic E-state index is 0.0396. The second-order valence-corrected chi connectivity index (χ2v) is 7.23. The van der Waals surface area contributed by atoms with E-state index in [1.165, 1.54) is 0 Å². The molecule has 0 saturated carbocycles. The van der Waals surface area contributed by atoms with E-state index in [0.717, 1.165) is 23.4 Å². The fraction of sp³-hybridized carbons (Fsp3) is 0.375. The lowest BCUT2D eigenvalue weighted by molar-refractivity contribution is 0.459. The Kier molecular flexibility index (Phi) is 5.20. The zero-order valence-electron chi connectivity index (χ0n) is 12.4. The van der Waals surface area contributed by atoms with E-state index in [1.54, 1.807) is 6.07 Å². The molecule has 1 aromatic carbocycles. The Balaban J connectivity index is 2.02. The summed E-state index contributed by atoms with van der Waals surface area (Å²) in [6.45, 7) is 5.43. The standard InChI is InChI=1S/C16H21NO3S/c1-3-17-10-15-7-8-16(20-15)12-21(18,19)11-14-6-4-5-13(2)9-14/h4-9,17H,3,10-12H2,1-2H3. The molecular weight excluding hydrogens is 286 g/mol. The fourth-order valence-electron chi connectivity index (χ4n) is 2.17. The number of hydrogen-bond donors (Lipinski definition) is 1. The van der Waals surface area contributed by atoms with Gasteiger partial charge in [-0.1, -0.05) is 36.8 Å². The summed E-state index contributed by atoms with van der Waals surface area (Å²) in [5.74, 6) is 1.23. The van der Waals surface area contributed by atoms with Crippen molar-refractivity contribution in [2.24, 2.45) is 0 Å². The van der Waals surface area contributed by atoms with Crippen molar-refractivity contribution in [2.75, 3.05) is 6.54 Å². The summed E-state index contributed by atoms with van der Waals surface area (Å²) in [6, 6.07) is 11.1. The number of hydrogen-bond acceptors (Lipinski definition) is 4. The molecule has 2 rings (SSSR count). The average molecular weight is 307 g/mol. The van der Waals surface area contributed by atoms with Gasteiger partial charge in [0.2, 0.25) is 0 Å². The topological polar surface area (TPSA) is 59.3 Å². The lowest BCUT2D eigenvalue weighted by atomic mass is 10.2. The number of benzene rings is 1. The SMILES string of the molecule is CCNCc1ccc(CS(=O)(=O)Cc2cccc(C)c2)o1. The first-order valence-corrected chi connectivity index (χ1v) is 8.85. The quantitative estimate of drug-likeness (QED) is 0.854. The van der Waals surface area contributed by atoms with Gasteiger partial charge < -0.3 is 9.73 Å². The van der Waals surface area contributed by atoms with E-state index < -0.39 is 9.84 Å². The van der Waals surface area contributed by atoms with E-state index in [-0.39, 0.29) is 11.5 Å². The van der Waals surface area contributed by atoms with Gasteiger partial charge in [-0.05, 0) is 31.2 Å². The lowest BCUT2D eigenvalue weighted by Crippen LogP contribution is -2.11. The molecule has 1 heterocycles. The van der Waals surface area contributed by atoms with Gasteiger partial charge in [0.1, 0.15) is 17.3 Å². The van der Waals surface area contributed by atoms with Gasteiger partial charge >= 0.3 is 0 Å². The van der Waals surface area contributed by atoms with Gasteiger partial charge in [-0.25, -0.2) is 8.42 Å². The zero-order valence-corrected chi connectivity index (χ0v) is 13.2. The highest BCUT2D eigenvalue weighted by Crippen LogP contribution is 2.16. The van der Waals surface area contributed by atoms with E-state index in [0.29, 0.717) is 12.3 Å². The van der Waals surface area contributed by atoms with Gasteiger partial charge in [-0.2, -0.15) is 0 Å². The molecule has 0 aliphatic rings. The Morgan fingerprint density at radius 2 is 1.86 bits per heavy atom. The first-order chi connectivity index (χ1) is 9.98. The first kappa shape index (κ1) is 15.8. The summed E-state index contributed by atoms with van der Waals surface area (Å²) in [5.41, 5.74) is 1.88. The molecule has 5 heteroatoms. The van der Waals surface area contributed by atoms with Crippen molar-refractivity contribution in [1.82, 2.24) is 5.32 Å². The first-order valence-electron chi connectivity index (χ1n) is 7.03. The van der Waals surface area contributed by atoms with Crippen LogP contribution in [0.4, 0.5) is 0 Å². The minimum atomic E-state index is -3.23. The predicted molar refractivity (Wildman–Crippen MR) is 83.6 cm³/mol. The summed E-state index contributed by atoms with van der Waals surface area (Å²) in [4.78, 5) is 0. The summed E-state index contributed by atoms with van der Waals surface area (Å²) in [6.07, 6.45) is 0. The van der Waals surface area contributed by atoms with Gasteiger partial charge in [-0.3, -0.25) is 0 Å². The van der Waals surface area contributed by atoms with E-state index >= 15 is 0 Å². The maximum Gasteiger partial charge on any atom is 0.161 e. The molecule has 0 amide bonds. The third-order valence-electron chi connectivity index (χ3n) is 3.10. The monoisotopic (exact) mass is 307 g/mol. The molecule has 1 aromatic heterocycles. The van der Waals surface area contributed by atoms with E-state index in [2.05, 4.69) is 5.32 Å². The highest BCUT2D eigenvalue weighted by molar-refractivity contribution is 7.89. The summed E-state index contributed by atoms with van der Waals surface area (Å²) in [5, 5.41) is 3.14. The highest BCUT2D eigenvalue weighted by Gasteiger charge is 2.16. The lowest BCUT2D eigenvalue weighted by Gasteiger charge is -2.04. The van der Waals surface area contributed by atoms with Crippen LogP contribution in [0.3, 0.4) is 0 Å². The van der Waals surface area contributed by atoms with Gasteiger partial charge in [0.15, 0.2) is 9.84 Å². The second kappa shape index (κ2) is 6.91. The molecule has 4 nitrogen and oxygen atoms in total. The normalized spacial score (nSPS) is 11.7. The number of rotatable bonds is 7. The van der Waals surface area contributed by atoms with Gasteiger partial charge in [-0.15, -0.1) is 0 Å². The van der Waals surface area contributed by atoms with E-state index in [1.807, 2.05) is 44.2 Å². The molecule has 1 N–H and O–H groups in total. The van der Waals surface area contributed by atoms with Gasteiger partial charge in [0.25, 0.3) is 0 Å². The second-order valence-electron chi connectivity index (χ2n) is 5.17. The molecule has 0 aliphatic carbocycles. The van der Waals surface area contributed by atoms with Crippen molar-refractivity contribution in [3.63, 3.8) is 0 Å². The van der Waals surface area contributed by atoms with Crippen LogP contribution in [-0.4, -0.2) is 15.0 Å². The molecule has 0 radical (unpaired) electrons. The predicted octanol–water partition coefficient (Wildman–Crippen LogP) is 2.81. The molecule has 0 saturated heterocycles. The molecule has 0 spiro atoms. The third kappa shape index (κ3) is 5.02. The average Bonchev–Trinajstić information content (AvgIpc) is 2.82. The van der Waals surface area contributed by atoms with Gasteiger partial charge in [0, 0.05) is 0 Å². The number of sulfone groups is 1. The van der Waals surface area contributed by atoms with Crippen LogP contribution in [0.5, 0.6) is 0 Å². The molecular formula is C16H21NO3S. The van der Waals surface area contributed by atoms with Crippen LogP contribution in [-0.2, 0) is 27.9 Å². The molecule has 21 heavy (non-hydrogen) atoms. The molecule has 0 bridgehead atoms. The number of furan rings is 1. The van der Waals surface area contributed by atoms with Crippen molar-refractivity contribution in [3.8, 4) is 0 Å². The Hall–Kier alpha value is -1.59. The molecule has 114 valence electrons. The Morgan fingerprint density at radius 3 is 2.57 bits per heavy atom. The molecule has 0 unspecified atom stereocenters. The number of aryl methyl sites for hydroxylation is 1. The summed E-state index contributed by atoms with van der Waals surface area (Å²) in [7, 11) is -3.23. The Morgan fingerprint density at radius 1 is 1.10 bits per heavy atom. The van der Waals surface area contributed by atoms with Crippen LogP contribution in [0.15, 0.2) is 40.8 Å². The molecule has 0 atom stereocenters. The van der Waals surface area contributed by atoms with Crippen molar-refractivity contribution in [1.29, 1.82) is 0 Å². The fourth-order valence-corrected chi connectivity index (χ4v) is 3.54. The Bertz CT molecular complexity index is 689. The van der Waals surface area contributed by atoms with Crippen molar-refractivity contribution < 1.29 is 12.8 Å². The van der Waals surface area contributed by atoms with Crippen LogP contribution in [0.1, 0.15) is 29.6 Å². The molecule has 2 aromatic rings. The highest BCUT2D eigenvalue weighted by atomic mass is 32.2. The van der Waals surface area contributed by atoms with Crippen LogP contribution in [0, 0.1) is 6.92 Å². The smallest absolute Gasteiger partial charge is 0.161 e. The van der Waals surface area contributed by atoms with Crippen LogP contribution >= 0.6 is 0 Å².